The van der Waals surface area contributed by atoms with E-state index in [0.717, 1.165) is 0 Å². The first-order valence-electron chi connectivity index (χ1n) is 6.21. The van der Waals surface area contributed by atoms with Crippen molar-refractivity contribution in [3.63, 3.8) is 0 Å². The fourth-order valence-electron chi connectivity index (χ4n) is 1.94. The van der Waals surface area contributed by atoms with Crippen LogP contribution in [0.4, 0.5) is 5.69 Å². The molecule has 0 aliphatic rings. The lowest BCUT2D eigenvalue weighted by Gasteiger charge is -2.14. The predicted octanol–water partition coefficient (Wildman–Crippen LogP) is 4.82. The first-order chi connectivity index (χ1) is 10.4. The van der Waals surface area contributed by atoms with Crippen LogP contribution in [0.2, 0.25) is 15.1 Å². The van der Waals surface area contributed by atoms with Gasteiger partial charge in [0.05, 0.1) is 17.8 Å². The molecule has 0 aromatic heterocycles. The van der Waals surface area contributed by atoms with Crippen LogP contribution < -0.4 is 10.1 Å². The second-order valence-electron chi connectivity index (χ2n) is 4.40. The summed E-state index contributed by atoms with van der Waals surface area (Å²) in [5.41, 5.74) is 1.78. The average Bonchev–Trinajstić information content (AvgIpc) is 2.48. The Balaban J connectivity index is 2.53. The van der Waals surface area contributed by atoms with Gasteiger partial charge in [-0.3, -0.25) is 4.79 Å². The van der Waals surface area contributed by atoms with Gasteiger partial charge in [0, 0.05) is 27.2 Å². The zero-order valence-electron chi connectivity index (χ0n) is 11.5. The van der Waals surface area contributed by atoms with Gasteiger partial charge >= 0.3 is 5.97 Å². The fraction of sp³-hybridized carbons (Fsp3) is 0.133. The van der Waals surface area contributed by atoms with Crippen molar-refractivity contribution in [2.75, 3.05) is 19.0 Å². The van der Waals surface area contributed by atoms with Crippen molar-refractivity contribution in [1.29, 1.82) is 0 Å². The van der Waals surface area contributed by atoms with Crippen molar-refractivity contribution >= 4 is 46.5 Å². The second-order valence-corrected chi connectivity index (χ2v) is 5.65. The topological polar surface area (TPSA) is 58.6 Å². The van der Waals surface area contributed by atoms with E-state index in [-0.39, 0.29) is 6.54 Å². The van der Waals surface area contributed by atoms with E-state index in [0.29, 0.717) is 37.6 Å². The highest BCUT2D eigenvalue weighted by Crippen LogP contribution is 2.40. The summed E-state index contributed by atoms with van der Waals surface area (Å²) in [7, 11) is 1.48. The van der Waals surface area contributed by atoms with Gasteiger partial charge in [-0.05, 0) is 24.3 Å². The third-order valence-corrected chi connectivity index (χ3v) is 3.82. The van der Waals surface area contributed by atoms with Crippen LogP contribution in [-0.2, 0) is 4.79 Å². The molecule has 22 heavy (non-hydrogen) atoms. The first kappa shape index (κ1) is 16.7. The number of carboxylic acids is 1. The summed E-state index contributed by atoms with van der Waals surface area (Å²) in [6.45, 7) is -0.249. The zero-order chi connectivity index (χ0) is 16.3. The summed E-state index contributed by atoms with van der Waals surface area (Å²) in [6, 6.07) is 8.32. The van der Waals surface area contributed by atoms with Gasteiger partial charge in [-0.2, -0.15) is 0 Å². The van der Waals surface area contributed by atoms with Gasteiger partial charge in [0.2, 0.25) is 0 Å². The smallest absolute Gasteiger partial charge is 0.322 e. The van der Waals surface area contributed by atoms with Gasteiger partial charge in [-0.1, -0.05) is 34.8 Å². The summed E-state index contributed by atoms with van der Waals surface area (Å²) in [6.07, 6.45) is 0. The number of carbonyl (C=O) groups is 1. The van der Waals surface area contributed by atoms with Crippen molar-refractivity contribution in [3.05, 3.63) is 45.4 Å². The van der Waals surface area contributed by atoms with Gasteiger partial charge in [0.1, 0.15) is 12.3 Å². The second kappa shape index (κ2) is 7.09. The number of carboxylic acid groups (broad SMARTS) is 1. The molecule has 0 saturated heterocycles. The molecule has 0 fully saturated rings. The number of halogens is 3. The zero-order valence-corrected chi connectivity index (χ0v) is 13.8. The number of hydrogen-bond acceptors (Lipinski definition) is 3. The number of ether oxygens (including phenoxy) is 1. The van der Waals surface area contributed by atoms with Crippen LogP contribution in [0.5, 0.6) is 5.75 Å². The van der Waals surface area contributed by atoms with Gasteiger partial charge in [-0.15, -0.1) is 0 Å². The molecule has 2 aromatic rings. The molecule has 7 heteroatoms. The molecular weight excluding hydrogens is 349 g/mol. The summed E-state index contributed by atoms with van der Waals surface area (Å²) >= 11 is 18.5. The van der Waals surface area contributed by atoms with Crippen LogP contribution in [0, 0.1) is 0 Å². The summed E-state index contributed by atoms with van der Waals surface area (Å²) in [5, 5.41) is 13.0. The Hall–Kier alpha value is -1.62. The number of rotatable bonds is 5. The minimum atomic E-state index is -0.987. The SMILES string of the molecule is COc1cc(Cl)c(-c2cc(Cl)ccc2Cl)cc1NCC(=O)O. The standard InChI is InChI=1S/C15H12Cl3NO3/c1-22-14-6-12(18)10(5-13(14)19-7-15(20)21)9-4-8(16)2-3-11(9)17/h2-6,19H,7H2,1H3,(H,20,21). The lowest BCUT2D eigenvalue weighted by atomic mass is 10.0. The third kappa shape index (κ3) is 3.77. The molecule has 0 amide bonds. The Labute approximate surface area is 142 Å². The van der Waals surface area contributed by atoms with E-state index in [1.54, 1.807) is 30.3 Å². The van der Waals surface area contributed by atoms with Crippen molar-refractivity contribution < 1.29 is 14.6 Å². The van der Waals surface area contributed by atoms with Gasteiger partial charge in [0.25, 0.3) is 0 Å². The highest BCUT2D eigenvalue weighted by Gasteiger charge is 2.14. The number of benzene rings is 2. The van der Waals surface area contributed by atoms with Gasteiger partial charge in [0.15, 0.2) is 0 Å². The first-order valence-corrected chi connectivity index (χ1v) is 7.34. The van der Waals surface area contributed by atoms with E-state index >= 15 is 0 Å². The number of anilines is 1. The predicted molar refractivity (Wildman–Crippen MR) is 89.6 cm³/mol. The van der Waals surface area contributed by atoms with Crippen LogP contribution >= 0.6 is 34.8 Å². The van der Waals surface area contributed by atoms with Gasteiger partial charge in [-0.25, -0.2) is 0 Å². The lowest BCUT2D eigenvalue weighted by Crippen LogP contribution is -2.13. The Morgan fingerprint density at radius 3 is 2.45 bits per heavy atom. The van der Waals surface area contributed by atoms with E-state index < -0.39 is 5.97 Å². The molecule has 0 bridgehead atoms. The summed E-state index contributed by atoms with van der Waals surface area (Å²) in [4.78, 5) is 10.7. The molecule has 0 heterocycles. The van der Waals surface area contributed by atoms with Gasteiger partial charge < -0.3 is 15.2 Å². The quantitative estimate of drug-likeness (QED) is 0.802. The fourth-order valence-corrected chi connectivity index (χ4v) is 2.59. The van der Waals surface area contributed by atoms with Crippen LogP contribution in [0.15, 0.2) is 30.3 Å². The normalized spacial score (nSPS) is 10.4. The van der Waals surface area contributed by atoms with Crippen LogP contribution in [0.1, 0.15) is 0 Å². The lowest BCUT2D eigenvalue weighted by molar-refractivity contribution is -0.134. The molecule has 0 spiro atoms. The third-order valence-electron chi connectivity index (χ3n) is 2.94. The van der Waals surface area contributed by atoms with Crippen LogP contribution in [-0.4, -0.2) is 24.7 Å². The van der Waals surface area contributed by atoms with Crippen molar-refractivity contribution in [3.8, 4) is 16.9 Å². The molecule has 2 N–H and O–H groups in total. The van der Waals surface area contributed by atoms with E-state index in [1.165, 1.54) is 7.11 Å². The minimum absolute atomic E-state index is 0.249. The number of nitrogens with one attached hydrogen (secondary N) is 1. The molecule has 0 atom stereocenters. The molecule has 0 aliphatic carbocycles. The monoisotopic (exact) mass is 359 g/mol. The molecular formula is C15H12Cl3NO3. The van der Waals surface area contributed by atoms with E-state index in [4.69, 9.17) is 44.6 Å². The molecule has 0 unspecified atom stereocenters. The molecule has 2 aromatic carbocycles. The van der Waals surface area contributed by atoms with E-state index in [1.807, 2.05) is 0 Å². The summed E-state index contributed by atoms with van der Waals surface area (Å²) < 4.78 is 5.20. The molecule has 116 valence electrons. The molecule has 0 radical (unpaired) electrons. The maximum Gasteiger partial charge on any atom is 0.322 e. The van der Waals surface area contributed by atoms with Crippen molar-refractivity contribution in [1.82, 2.24) is 0 Å². The molecule has 2 rings (SSSR count). The highest BCUT2D eigenvalue weighted by molar-refractivity contribution is 6.37. The Morgan fingerprint density at radius 1 is 1.14 bits per heavy atom. The van der Waals surface area contributed by atoms with Crippen LogP contribution in [0.25, 0.3) is 11.1 Å². The average molecular weight is 361 g/mol. The minimum Gasteiger partial charge on any atom is -0.495 e. The molecule has 0 saturated carbocycles. The molecule has 0 aliphatic heterocycles. The number of hydrogen-bond donors (Lipinski definition) is 2. The number of aliphatic carboxylic acids is 1. The Bertz CT molecular complexity index is 719. The van der Waals surface area contributed by atoms with Crippen molar-refractivity contribution in [2.24, 2.45) is 0 Å². The maximum atomic E-state index is 10.7. The largest absolute Gasteiger partial charge is 0.495 e. The highest BCUT2D eigenvalue weighted by atomic mass is 35.5. The Kier molecular flexibility index (Phi) is 5.40. The van der Waals surface area contributed by atoms with Crippen molar-refractivity contribution in [2.45, 2.75) is 0 Å². The maximum absolute atomic E-state index is 10.7. The van der Waals surface area contributed by atoms with E-state index in [9.17, 15) is 4.79 Å². The van der Waals surface area contributed by atoms with Crippen LogP contribution in [0.3, 0.4) is 0 Å². The number of methoxy groups -OCH3 is 1. The molecule has 4 nitrogen and oxygen atoms in total. The Morgan fingerprint density at radius 2 is 1.82 bits per heavy atom. The van der Waals surface area contributed by atoms with E-state index in [2.05, 4.69) is 5.32 Å². The summed E-state index contributed by atoms with van der Waals surface area (Å²) in [5.74, 6) is -0.549.